The van der Waals surface area contributed by atoms with E-state index in [1.54, 1.807) is 0 Å². The Bertz CT molecular complexity index is 2590. The van der Waals surface area contributed by atoms with Crippen LogP contribution < -0.4 is 4.90 Å². The summed E-state index contributed by atoms with van der Waals surface area (Å²) in [6, 6.07) is 72.4. The summed E-state index contributed by atoms with van der Waals surface area (Å²) in [6.07, 6.45) is 0. The van der Waals surface area contributed by atoms with Gasteiger partial charge < -0.3 is 4.90 Å². The molecule has 9 aromatic carbocycles. The van der Waals surface area contributed by atoms with E-state index < -0.39 is 0 Å². The van der Waals surface area contributed by atoms with Gasteiger partial charge in [0.15, 0.2) is 0 Å². The molecule has 0 atom stereocenters. The number of fused-ring (bicyclic) bond motifs is 5. The molecule has 0 saturated heterocycles. The first-order valence-electron chi connectivity index (χ1n) is 16.8. The Balaban J connectivity index is 1.18. The standard InChI is InChI=1S/C48H33N/c1-3-12-34(13-4-1)38-17-11-18-39(32-38)35-22-26-41(27-23-35)49(48-21-10-9-20-45(48)36-14-5-2-6-15-36)42-28-31-44-40(33-42)25-30-46-43-19-8-7-16-37(43)24-29-47(44)46/h1-33H. The van der Waals surface area contributed by atoms with Gasteiger partial charge in [-0.3, -0.25) is 0 Å². The molecular formula is C48H33N. The SMILES string of the molecule is c1ccc(-c2cccc(-c3ccc(N(c4ccc5c(ccc6c7ccccc7ccc56)c4)c4ccccc4-c4ccccc4)cc3)c2)cc1. The fourth-order valence-electron chi connectivity index (χ4n) is 7.23. The van der Waals surface area contributed by atoms with Crippen LogP contribution in [0.25, 0.3) is 65.7 Å². The molecule has 0 radical (unpaired) electrons. The summed E-state index contributed by atoms with van der Waals surface area (Å²) in [7, 11) is 0. The molecular weight excluding hydrogens is 591 g/mol. The minimum absolute atomic E-state index is 1.11. The van der Waals surface area contributed by atoms with E-state index in [2.05, 4.69) is 205 Å². The van der Waals surface area contributed by atoms with Gasteiger partial charge in [0.05, 0.1) is 5.69 Å². The number of rotatable bonds is 6. The molecule has 9 rings (SSSR count). The number of benzene rings is 9. The van der Waals surface area contributed by atoms with Crippen molar-refractivity contribution in [1.29, 1.82) is 0 Å². The van der Waals surface area contributed by atoms with Gasteiger partial charge in [0, 0.05) is 16.9 Å². The highest BCUT2D eigenvalue weighted by Crippen LogP contribution is 2.43. The van der Waals surface area contributed by atoms with E-state index in [4.69, 9.17) is 0 Å². The van der Waals surface area contributed by atoms with Crippen LogP contribution in [0.5, 0.6) is 0 Å². The zero-order chi connectivity index (χ0) is 32.6. The quantitative estimate of drug-likeness (QED) is 0.167. The van der Waals surface area contributed by atoms with Gasteiger partial charge >= 0.3 is 0 Å². The number of hydrogen-bond donors (Lipinski definition) is 0. The van der Waals surface area contributed by atoms with Gasteiger partial charge in [-0.2, -0.15) is 0 Å². The van der Waals surface area contributed by atoms with E-state index in [0.29, 0.717) is 0 Å². The minimum Gasteiger partial charge on any atom is -0.310 e. The Hall–Kier alpha value is -6.44. The summed E-state index contributed by atoms with van der Waals surface area (Å²) in [5.41, 5.74) is 10.6. The van der Waals surface area contributed by atoms with E-state index in [1.807, 2.05) is 0 Å². The summed E-state index contributed by atoms with van der Waals surface area (Å²) in [5.74, 6) is 0. The predicted octanol–water partition coefficient (Wildman–Crippen LogP) is 13.6. The summed E-state index contributed by atoms with van der Waals surface area (Å²) >= 11 is 0. The van der Waals surface area contributed by atoms with Crippen molar-refractivity contribution in [2.75, 3.05) is 4.90 Å². The molecule has 0 saturated carbocycles. The van der Waals surface area contributed by atoms with Crippen molar-refractivity contribution >= 4 is 49.4 Å². The average Bonchev–Trinajstić information content (AvgIpc) is 3.19. The van der Waals surface area contributed by atoms with Crippen LogP contribution in [0.3, 0.4) is 0 Å². The molecule has 1 nitrogen and oxygen atoms in total. The maximum absolute atomic E-state index is 2.40. The van der Waals surface area contributed by atoms with E-state index in [-0.39, 0.29) is 0 Å². The fourth-order valence-corrected chi connectivity index (χ4v) is 7.23. The molecule has 0 aliphatic rings. The van der Waals surface area contributed by atoms with Crippen LogP contribution in [0.2, 0.25) is 0 Å². The smallest absolute Gasteiger partial charge is 0.0540 e. The van der Waals surface area contributed by atoms with E-state index in [0.717, 1.165) is 17.1 Å². The van der Waals surface area contributed by atoms with Crippen LogP contribution in [0.15, 0.2) is 200 Å². The van der Waals surface area contributed by atoms with Crippen LogP contribution in [0, 0.1) is 0 Å². The lowest BCUT2D eigenvalue weighted by Gasteiger charge is -2.28. The number of anilines is 3. The summed E-state index contributed by atoms with van der Waals surface area (Å²) in [5, 5.41) is 7.61. The normalized spacial score (nSPS) is 11.3. The first-order chi connectivity index (χ1) is 24.3. The molecule has 0 aromatic heterocycles. The number of nitrogens with zero attached hydrogens (tertiary/aromatic N) is 1. The third kappa shape index (κ3) is 5.32. The molecule has 0 heterocycles. The molecule has 0 bridgehead atoms. The molecule has 49 heavy (non-hydrogen) atoms. The zero-order valence-electron chi connectivity index (χ0n) is 27.0. The van der Waals surface area contributed by atoms with Gasteiger partial charge in [-0.15, -0.1) is 0 Å². The molecule has 230 valence electrons. The lowest BCUT2D eigenvalue weighted by molar-refractivity contribution is 1.29. The Labute approximate surface area is 287 Å². The topological polar surface area (TPSA) is 3.24 Å². The highest BCUT2D eigenvalue weighted by molar-refractivity contribution is 6.17. The molecule has 1 heteroatoms. The lowest BCUT2D eigenvalue weighted by Crippen LogP contribution is -2.11. The maximum Gasteiger partial charge on any atom is 0.0540 e. The summed E-state index contributed by atoms with van der Waals surface area (Å²) in [4.78, 5) is 2.40. The van der Waals surface area contributed by atoms with Crippen LogP contribution in [-0.4, -0.2) is 0 Å². The van der Waals surface area contributed by atoms with Gasteiger partial charge in [0.2, 0.25) is 0 Å². The van der Waals surface area contributed by atoms with Crippen molar-refractivity contribution in [3.05, 3.63) is 200 Å². The molecule has 0 fully saturated rings. The largest absolute Gasteiger partial charge is 0.310 e. The molecule has 9 aromatic rings. The maximum atomic E-state index is 2.40. The van der Waals surface area contributed by atoms with E-state index >= 15 is 0 Å². The number of hydrogen-bond acceptors (Lipinski definition) is 1. The van der Waals surface area contributed by atoms with Crippen molar-refractivity contribution in [2.24, 2.45) is 0 Å². The summed E-state index contributed by atoms with van der Waals surface area (Å²) < 4.78 is 0. The third-order valence-corrected chi connectivity index (χ3v) is 9.64. The number of para-hydroxylation sites is 1. The van der Waals surface area contributed by atoms with Crippen LogP contribution in [0.4, 0.5) is 17.1 Å². The Morgan fingerprint density at radius 2 is 0.796 bits per heavy atom. The highest BCUT2D eigenvalue weighted by atomic mass is 15.1. The van der Waals surface area contributed by atoms with Crippen molar-refractivity contribution in [1.82, 2.24) is 0 Å². The van der Waals surface area contributed by atoms with E-state index in [9.17, 15) is 0 Å². The Morgan fingerprint density at radius 3 is 1.55 bits per heavy atom. The van der Waals surface area contributed by atoms with Crippen molar-refractivity contribution < 1.29 is 0 Å². The zero-order valence-corrected chi connectivity index (χ0v) is 27.0. The first-order valence-corrected chi connectivity index (χ1v) is 16.8. The van der Waals surface area contributed by atoms with Gasteiger partial charge in [-0.25, -0.2) is 0 Å². The summed E-state index contributed by atoms with van der Waals surface area (Å²) in [6.45, 7) is 0. The minimum atomic E-state index is 1.11. The lowest BCUT2D eigenvalue weighted by atomic mass is 9.96. The molecule has 0 aliphatic carbocycles. The molecule has 0 amide bonds. The van der Waals surface area contributed by atoms with Gasteiger partial charge in [0.1, 0.15) is 0 Å². The molecule has 0 aliphatic heterocycles. The second-order valence-electron chi connectivity index (χ2n) is 12.6. The molecule has 0 N–H and O–H groups in total. The van der Waals surface area contributed by atoms with Gasteiger partial charge in [-0.05, 0) is 96.5 Å². The predicted molar refractivity (Wildman–Crippen MR) is 210 cm³/mol. The van der Waals surface area contributed by atoms with Crippen LogP contribution in [-0.2, 0) is 0 Å². The third-order valence-electron chi connectivity index (χ3n) is 9.64. The van der Waals surface area contributed by atoms with Crippen molar-refractivity contribution in [3.63, 3.8) is 0 Å². The van der Waals surface area contributed by atoms with Crippen molar-refractivity contribution in [2.45, 2.75) is 0 Å². The van der Waals surface area contributed by atoms with Gasteiger partial charge in [-0.1, -0.05) is 164 Å². The van der Waals surface area contributed by atoms with Crippen LogP contribution >= 0.6 is 0 Å². The first kappa shape index (κ1) is 28.8. The van der Waals surface area contributed by atoms with Crippen LogP contribution in [0.1, 0.15) is 0 Å². The fraction of sp³-hybridized carbons (Fsp3) is 0. The Kier molecular flexibility index (Phi) is 7.22. The molecule has 0 spiro atoms. The second kappa shape index (κ2) is 12.3. The monoisotopic (exact) mass is 623 g/mol. The molecule has 0 unspecified atom stereocenters. The average molecular weight is 624 g/mol. The van der Waals surface area contributed by atoms with E-state index in [1.165, 1.54) is 65.7 Å². The van der Waals surface area contributed by atoms with Gasteiger partial charge in [0.25, 0.3) is 0 Å². The Morgan fingerprint density at radius 1 is 0.265 bits per heavy atom. The highest BCUT2D eigenvalue weighted by Gasteiger charge is 2.18. The second-order valence-corrected chi connectivity index (χ2v) is 12.6. The van der Waals surface area contributed by atoms with Crippen molar-refractivity contribution in [3.8, 4) is 33.4 Å².